The Morgan fingerprint density at radius 2 is 0.528 bits per heavy atom. The van der Waals surface area contributed by atoms with E-state index in [1.165, 1.54) is 0 Å². The maximum Gasteiger partial charge on any atom is 0.116 e. The predicted octanol–water partition coefficient (Wildman–Crippen LogP) is 6.68. The van der Waals surface area contributed by atoms with Gasteiger partial charge in [-0.1, -0.05) is 0 Å². The van der Waals surface area contributed by atoms with Crippen molar-refractivity contribution in [2.24, 2.45) is 0 Å². The molecule has 0 aromatic carbocycles. The van der Waals surface area contributed by atoms with Crippen LogP contribution in [0.25, 0.3) is 0 Å². The first-order valence-corrected chi connectivity index (χ1v) is 13.7. The topological polar surface area (TPSA) is 58.2 Å². The zero-order valence-corrected chi connectivity index (χ0v) is 27.0. The van der Waals surface area contributed by atoms with E-state index in [4.69, 9.17) is 23.7 Å². The zero-order chi connectivity index (χ0) is 28.7. The van der Waals surface area contributed by atoms with Gasteiger partial charge >= 0.3 is 0 Å². The average molecular weight is 516 g/mol. The minimum absolute atomic E-state index is 0.195. The van der Waals surface area contributed by atoms with E-state index in [0.29, 0.717) is 0 Å². The normalized spacial score (nSPS) is 29.5. The van der Waals surface area contributed by atoms with Gasteiger partial charge in [0.1, 0.15) is 30.5 Å². The van der Waals surface area contributed by atoms with E-state index in [2.05, 4.69) is 130 Å². The monoisotopic (exact) mass is 515 g/mol. The summed E-state index contributed by atoms with van der Waals surface area (Å²) in [6, 6.07) is -0.206. The highest BCUT2D eigenvalue weighted by molar-refractivity contribution is 5.09. The molecule has 1 aliphatic carbocycles. The smallest absolute Gasteiger partial charge is 0.116 e. The Bertz CT molecular complexity index is 512. The largest absolute Gasteiger partial charge is 0.368 e. The second kappa shape index (κ2) is 11.1. The number of hydrogen-bond acceptors (Lipinski definition) is 6. The molecule has 6 heteroatoms. The molecule has 1 rings (SSSR count). The van der Waals surface area contributed by atoms with Crippen molar-refractivity contribution in [2.45, 2.75) is 195 Å². The molecule has 1 aliphatic rings. The van der Waals surface area contributed by atoms with Crippen LogP contribution in [0.2, 0.25) is 0 Å². The molecule has 0 amide bonds. The molecule has 0 aliphatic heterocycles. The second-order valence-electron chi connectivity index (χ2n) is 16.4. The van der Waals surface area contributed by atoms with Gasteiger partial charge in [-0.25, -0.2) is 0 Å². The first-order chi connectivity index (χ1) is 15.6. The Labute approximate surface area is 223 Å². The molecule has 0 aromatic heterocycles. The lowest BCUT2D eigenvalue weighted by Crippen LogP contribution is -2.74. The average Bonchev–Trinajstić information content (AvgIpc) is 2.51. The fourth-order valence-electron chi connectivity index (χ4n) is 4.55. The summed E-state index contributed by atoms with van der Waals surface area (Å²) in [5, 5.41) is 3.85. The molecular weight excluding hydrogens is 454 g/mol. The van der Waals surface area contributed by atoms with Crippen LogP contribution in [0.1, 0.15) is 125 Å². The van der Waals surface area contributed by atoms with Gasteiger partial charge in [-0.05, 0) is 125 Å². The van der Waals surface area contributed by atoms with Gasteiger partial charge in [0.2, 0.25) is 0 Å². The summed E-state index contributed by atoms with van der Waals surface area (Å²) >= 11 is 0. The van der Waals surface area contributed by atoms with E-state index in [0.717, 1.165) is 0 Å². The Balaban J connectivity index is 3.94. The van der Waals surface area contributed by atoms with Crippen molar-refractivity contribution in [3.63, 3.8) is 0 Å². The van der Waals surface area contributed by atoms with Crippen LogP contribution in [-0.2, 0) is 23.7 Å². The predicted molar refractivity (Wildman–Crippen MR) is 150 cm³/mol. The summed E-state index contributed by atoms with van der Waals surface area (Å²) in [4.78, 5) is 0. The molecule has 1 fully saturated rings. The van der Waals surface area contributed by atoms with Gasteiger partial charge in [0, 0.05) is 5.54 Å². The summed E-state index contributed by atoms with van der Waals surface area (Å²) < 4.78 is 34.2. The van der Waals surface area contributed by atoms with Gasteiger partial charge in [-0.3, -0.25) is 0 Å². The molecule has 6 nitrogen and oxygen atoms in total. The van der Waals surface area contributed by atoms with Crippen LogP contribution in [0.4, 0.5) is 0 Å². The van der Waals surface area contributed by atoms with Crippen molar-refractivity contribution >= 4 is 0 Å². The van der Waals surface area contributed by atoms with E-state index in [9.17, 15) is 0 Å². The maximum atomic E-state index is 6.86. The molecule has 216 valence electrons. The fourth-order valence-corrected chi connectivity index (χ4v) is 4.55. The second-order valence-corrected chi connectivity index (χ2v) is 16.4. The molecule has 6 atom stereocenters. The fraction of sp³-hybridized carbons (Fsp3) is 1.00. The molecule has 1 N–H and O–H groups in total. The van der Waals surface area contributed by atoms with Crippen molar-refractivity contribution in [1.82, 2.24) is 5.32 Å². The van der Waals surface area contributed by atoms with Gasteiger partial charge in [0.15, 0.2) is 0 Å². The summed E-state index contributed by atoms with van der Waals surface area (Å²) in [7, 11) is 0. The Morgan fingerprint density at radius 3 is 0.722 bits per heavy atom. The van der Waals surface area contributed by atoms with E-state index in [-0.39, 0.29) is 23.8 Å². The Hall–Kier alpha value is -0.240. The lowest BCUT2D eigenvalue weighted by molar-refractivity contribution is -0.311. The Kier molecular flexibility index (Phi) is 10.4. The standard InChI is InChI=1S/C30H61NO5/c1-25(2,3)31-19-20(32-26(4,5)6)22(34-28(10,11)12)24(36-30(16,17)18)23(35-29(13,14)15)21(19)33-27(7,8)9/h19-24,31H,1-18H3/t19?,20-,21+,22-,23-,24?/m1/s1. The van der Waals surface area contributed by atoms with Gasteiger partial charge in [-0.15, -0.1) is 0 Å². The van der Waals surface area contributed by atoms with Crippen molar-refractivity contribution in [1.29, 1.82) is 0 Å². The molecule has 0 aromatic rings. The van der Waals surface area contributed by atoms with E-state index in [1.54, 1.807) is 0 Å². The third-order valence-electron chi connectivity index (χ3n) is 5.05. The van der Waals surface area contributed by atoms with Gasteiger partial charge < -0.3 is 29.0 Å². The van der Waals surface area contributed by atoms with Crippen LogP contribution < -0.4 is 5.32 Å². The van der Waals surface area contributed by atoms with Crippen LogP contribution >= 0.6 is 0 Å². The van der Waals surface area contributed by atoms with E-state index >= 15 is 0 Å². The lowest BCUT2D eigenvalue weighted by atomic mass is 9.79. The third kappa shape index (κ3) is 12.5. The molecule has 0 bridgehead atoms. The van der Waals surface area contributed by atoms with Gasteiger partial charge in [-0.2, -0.15) is 0 Å². The summed E-state index contributed by atoms with van der Waals surface area (Å²) in [6.07, 6.45) is -1.89. The van der Waals surface area contributed by atoms with E-state index in [1.807, 2.05) is 0 Å². The van der Waals surface area contributed by atoms with E-state index < -0.39 is 46.3 Å². The minimum atomic E-state index is -0.424. The number of hydrogen-bond donors (Lipinski definition) is 1. The van der Waals surface area contributed by atoms with Crippen molar-refractivity contribution in [3.8, 4) is 0 Å². The highest BCUT2D eigenvalue weighted by Gasteiger charge is 2.58. The SMILES string of the molecule is CC(C)(C)NC1[C@@H](OC(C)(C)C)[C@@H](OC(C)(C)C)C(OC(C)(C)C)[C@H](OC(C)(C)C)[C@H]1OC(C)(C)C. The quantitative estimate of drug-likeness (QED) is 0.426. The van der Waals surface area contributed by atoms with Crippen LogP contribution in [0, 0.1) is 0 Å². The molecule has 0 spiro atoms. The van der Waals surface area contributed by atoms with Crippen LogP contribution in [0.15, 0.2) is 0 Å². The number of rotatable bonds is 6. The van der Waals surface area contributed by atoms with Crippen LogP contribution in [0.3, 0.4) is 0 Å². The van der Waals surface area contributed by atoms with Gasteiger partial charge in [0.25, 0.3) is 0 Å². The molecule has 0 radical (unpaired) electrons. The number of nitrogens with one attached hydrogen (secondary N) is 1. The first-order valence-electron chi connectivity index (χ1n) is 13.7. The lowest BCUT2D eigenvalue weighted by Gasteiger charge is -2.56. The number of ether oxygens (including phenoxy) is 5. The summed E-state index contributed by atoms with van der Waals surface area (Å²) in [5.41, 5.74) is -2.26. The molecular formula is C30H61NO5. The zero-order valence-electron chi connectivity index (χ0n) is 27.0. The minimum Gasteiger partial charge on any atom is -0.368 e. The first kappa shape index (κ1) is 33.8. The molecule has 0 heterocycles. The highest BCUT2D eigenvalue weighted by atomic mass is 16.6. The van der Waals surface area contributed by atoms with Crippen LogP contribution in [-0.4, -0.2) is 70.1 Å². The highest BCUT2D eigenvalue weighted by Crippen LogP contribution is 2.40. The summed E-state index contributed by atoms with van der Waals surface area (Å²) in [5.74, 6) is 0. The molecule has 36 heavy (non-hydrogen) atoms. The van der Waals surface area contributed by atoms with Crippen molar-refractivity contribution in [3.05, 3.63) is 0 Å². The molecule has 1 saturated carbocycles. The van der Waals surface area contributed by atoms with Gasteiger partial charge in [0.05, 0.1) is 34.0 Å². The maximum absolute atomic E-state index is 6.86. The van der Waals surface area contributed by atoms with Crippen molar-refractivity contribution in [2.75, 3.05) is 0 Å². The molecule has 0 saturated heterocycles. The summed E-state index contributed by atoms with van der Waals surface area (Å²) in [6.45, 7) is 37.8. The third-order valence-corrected chi connectivity index (χ3v) is 5.05. The van der Waals surface area contributed by atoms with Crippen LogP contribution in [0.5, 0.6) is 0 Å². The Morgan fingerprint density at radius 1 is 0.333 bits per heavy atom. The van der Waals surface area contributed by atoms with Crippen molar-refractivity contribution < 1.29 is 23.7 Å². The molecule has 2 unspecified atom stereocenters.